The van der Waals surface area contributed by atoms with Crippen LogP contribution in [0.2, 0.25) is 5.02 Å². The van der Waals surface area contributed by atoms with Crippen LogP contribution in [0.3, 0.4) is 0 Å². The molecule has 88 valence electrons. The summed E-state index contributed by atoms with van der Waals surface area (Å²) in [6.45, 7) is 0.652. The number of benzene rings is 1. The van der Waals surface area contributed by atoms with Crippen molar-refractivity contribution >= 4 is 34.6 Å². The van der Waals surface area contributed by atoms with E-state index in [1.54, 1.807) is 17.1 Å². The molecule has 0 saturated carbocycles. The van der Waals surface area contributed by atoms with Crippen LogP contribution in [-0.2, 0) is 6.54 Å². The lowest BCUT2D eigenvalue weighted by Crippen LogP contribution is -2.18. The molecule has 1 aromatic carbocycles. The molecule has 1 aromatic heterocycles. The van der Waals surface area contributed by atoms with Crippen LogP contribution in [-0.4, -0.2) is 14.9 Å². The molecule has 0 amide bonds. The number of nitrogens with zero attached hydrogens (tertiary/aromatic N) is 2. The fraction of sp³-hybridized carbons (Fsp3) is 0.0909. The van der Waals surface area contributed by atoms with Gasteiger partial charge < -0.3 is 11.1 Å². The first-order valence-electron chi connectivity index (χ1n) is 4.97. The van der Waals surface area contributed by atoms with Gasteiger partial charge in [0.15, 0.2) is 5.11 Å². The normalized spacial score (nSPS) is 10.2. The zero-order chi connectivity index (χ0) is 12.3. The van der Waals surface area contributed by atoms with E-state index in [1.807, 2.05) is 24.3 Å². The molecule has 0 atom stereocenters. The zero-order valence-corrected chi connectivity index (χ0v) is 10.5. The van der Waals surface area contributed by atoms with Crippen LogP contribution >= 0.6 is 23.8 Å². The van der Waals surface area contributed by atoms with Crippen molar-refractivity contribution < 1.29 is 0 Å². The smallest absolute Gasteiger partial charge is 0.168 e. The Morgan fingerprint density at radius 3 is 3.00 bits per heavy atom. The minimum atomic E-state index is 0.254. The van der Waals surface area contributed by atoms with Gasteiger partial charge in [0.05, 0.1) is 17.8 Å². The van der Waals surface area contributed by atoms with E-state index < -0.39 is 0 Å². The molecule has 0 unspecified atom stereocenters. The van der Waals surface area contributed by atoms with Crippen LogP contribution < -0.4 is 11.1 Å². The maximum atomic E-state index is 5.80. The van der Waals surface area contributed by atoms with Gasteiger partial charge in [-0.05, 0) is 29.9 Å². The highest BCUT2D eigenvalue weighted by molar-refractivity contribution is 7.80. The Kier molecular flexibility index (Phi) is 3.61. The number of nitrogens with one attached hydrogen (secondary N) is 1. The molecule has 17 heavy (non-hydrogen) atoms. The minimum absolute atomic E-state index is 0.254. The Bertz CT molecular complexity index is 538. The molecule has 2 rings (SSSR count). The van der Waals surface area contributed by atoms with Crippen molar-refractivity contribution in [3.63, 3.8) is 0 Å². The van der Waals surface area contributed by atoms with Crippen molar-refractivity contribution in [2.75, 3.05) is 5.32 Å². The van der Waals surface area contributed by atoms with Crippen molar-refractivity contribution in [2.45, 2.75) is 6.54 Å². The molecule has 1 heterocycles. The Morgan fingerprint density at radius 2 is 2.35 bits per heavy atom. The molecule has 4 nitrogen and oxygen atoms in total. The van der Waals surface area contributed by atoms with E-state index >= 15 is 0 Å². The minimum Gasteiger partial charge on any atom is -0.376 e. The molecule has 2 aromatic rings. The Balaban J connectivity index is 2.13. The topological polar surface area (TPSA) is 55.9 Å². The third-order valence-electron chi connectivity index (χ3n) is 2.14. The van der Waals surface area contributed by atoms with E-state index in [0.717, 1.165) is 11.3 Å². The van der Waals surface area contributed by atoms with Crippen LogP contribution in [0.15, 0.2) is 36.7 Å². The second kappa shape index (κ2) is 5.16. The maximum Gasteiger partial charge on any atom is 0.168 e. The number of rotatable bonds is 3. The SMILES string of the molecule is NC(=S)Nc1cccc(Cn2cc(Cl)cn2)c1. The summed E-state index contributed by atoms with van der Waals surface area (Å²) >= 11 is 10.6. The fourth-order valence-corrected chi connectivity index (χ4v) is 1.78. The van der Waals surface area contributed by atoms with Crippen molar-refractivity contribution in [3.05, 3.63) is 47.2 Å². The Morgan fingerprint density at radius 1 is 1.53 bits per heavy atom. The molecule has 0 radical (unpaired) electrons. The van der Waals surface area contributed by atoms with E-state index in [4.69, 9.17) is 29.6 Å². The summed E-state index contributed by atoms with van der Waals surface area (Å²) in [4.78, 5) is 0. The molecular weight excluding hydrogens is 256 g/mol. The fourth-order valence-electron chi connectivity index (χ4n) is 1.50. The maximum absolute atomic E-state index is 5.80. The lowest BCUT2D eigenvalue weighted by atomic mass is 10.2. The molecule has 0 aliphatic heterocycles. The van der Waals surface area contributed by atoms with E-state index in [0.29, 0.717) is 11.6 Å². The molecule has 0 aliphatic carbocycles. The number of anilines is 1. The summed E-state index contributed by atoms with van der Waals surface area (Å²) in [6.07, 6.45) is 3.38. The molecule has 0 bridgehead atoms. The molecule has 0 aliphatic rings. The number of hydrogen-bond donors (Lipinski definition) is 2. The Labute approximate surface area is 109 Å². The number of aromatic nitrogens is 2. The number of hydrogen-bond acceptors (Lipinski definition) is 2. The van der Waals surface area contributed by atoms with Gasteiger partial charge in [0, 0.05) is 11.9 Å². The summed E-state index contributed by atoms with van der Waals surface area (Å²) in [5.41, 5.74) is 7.37. The highest BCUT2D eigenvalue weighted by atomic mass is 35.5. The van der Waals surface area contributed by atoms with Gasteiger partial charge in [-0.3, -0.25) is 4.68 Å². The third-order valence-corrected chi connectivity index (χ3v) is 2.44. The summed E-state index contributed by atoms with van der Waals surface area (Å²) in [6, 6.07) is 7.80. The van der Waals surface area contributed by atoms with Crippen LogP contribution in [0.5, 0.6) is 0 Å². The van der Waals surface area contributed by atoms with Gasteiger partial charge in [-0.2, -0.15) is 5.10 Å². The summed E-state index contributed by atoms with van der Waals surface area (Å²) < 4.78 is 1.77. The van der Waals surface area contributed by atoms with Gasteiger partial charge in [0.25, 0.3) is 0 Å². The molecule has 0 fully saturated rings. The van der Waals surface area contributed by atoms with Gasteiger partial charge in [0.2, 0.25) is 0 Å². The number of thiocarbonyl (C=S) groups is 1. The largest absolute Gasteiger partial charge is 0.376 e. The quantitative estimate of drug-likeness (QED) is 0.837. The predicted molar refractivity (Wildman–Crippen MR) is 73.2 cm³/mol. The predicted octanol–water partition coefficient (Wildman–Crippen LogP) is 2.24. The van der Waals surface area contributed by atoms with Gasteiger partial charge in [-0.1, -0.05) is 23.7 Å². The standard InChI is InChI=1S/C11H11ClN4S/c12-9-5-14-16(7-9)6-8-2-1-3-10(4-8)15-11(13)17/h1-5,7H,6H2,(H3,13,15,17). The first kappa shape index (κ1) is 11.9. The van der Waals surface area contributed by atoms with Crippen LogP contribution in [0.25, 0.3) is 0 Å². The number of nitrogens with two attached hydrogens (primary N) is 1. The Hall–Kier alpha value is -1.59. The summed E-state index contributed by atoms with van der Waals surface area (Å²) in [5, 5.41) is 7.89. The second-order valence-electron chi connectivity index (χ2n) is 3.55. The molecule has 0 saturated heterocycles. The van der Waals surface area contributed by atoms with E-state index in [1.165, 1.54) is 0 Å². The average Bonchev–Trinajstić information content (AvgIpc) is 2.63. The molecule has 6 heteroatoms. The number of halogens is 1. The molecule has 0 spiro atoms. The first-order chi connectivity index (χ1) is 8.13. The average molecular weight is 267 g/mol. The van der Waals surface area contributed by atoms with Gasteiger partial charge in [-0.15, -0.1) is 0 Å². The highest BCUT2D eigenvalue weighted by Gasteiger charge is 1.99. The monoisotopic (exact) mass is 266 g/mol. The van der Waals surface area contributed by atoms with Crippen LogP contribution in [0.1, 0.15) is 5.56 Å². The van der Waals surface area contributed by atoms with Gasteiger partial charge >= 0.3 is 0 Å². The van der Waals surface area contributed by atoms with Gasteiger partial charge in [-0.25, -0.2) is 0 Å². The van der Waals surface area contributed by atoms with Crippen LogP contribution in [0, 0.1) is 0 Å². The molecule has 3 N–H and O–H groups in total. The lowest BCUT2D eigenvalue weighted by molar-refractivity contribution is 0.687. The van der Waals surface area contributed by atoms with Crippen molar-refractivity contribution in [2.24, 2.45) is 5.73 Å². The highest BCUT2D eigenvalue weighted by Crippen LogP contribution is 2.12. The summed E-state index contributed by atoms with van der Waals surface area (Å²) in [5.74, 6) is 0. The lowest BCUT2D eigenvalue weighted by Gasteiger charge is -2.06. The van der Waals surface area contributed by atoms with E-state index in [9.17, 15) is 0 Å². The second-order valence-corrected chi connectivity index (χ2v) is 4.42. The van der Waals surface area contributed by atoms with Crippen molar-refractivity contribution in [3.8, 4) is 0 Å². The van der Waals surface area contributed by atoms with Crippen LogP contribution in [0.4, 0.5) is 5.69 Å². The van der Waals surface area contributed by atoms with Gasteiger partial charge in [0.1, 0.15) is 0 Å². The summed E-state index contributed by atoms with van der Waals surface area (Å²) in [7, 11) is 0. The third kappa shape index (κ3) is 3.44. The molecular formula is C11H11ClN4S. The van der Waals surface area contributed by atoms with Crippen molar-refractivity contribution in [1.29, 1.82) is 0 Å². The van der Waals surface area contributed by atoms with Crippen molar-refractivity contribution in [1.82, 2.24) is 9.78 Å². The van der Waals surface area contributed by atoms with E-state index in [-0.39, 0.29) is 5.11 Å². The first-order valence-corrected chi connectivity index (χ1v) is 5.75. The zero-order valence-electron chi connectivity index (χ0n) is 8.93. The van der Waals surface area contributed by atoms with E-state index in [2.05, 4.69) is 10.4 Å².